The second-order valence-corrected chi connectivity index (χ2v) is 2.09. The maximum absolute atomic E-state index is 12.1. The fourth-order valence-electron chi connectivity index (χ4n) is 0.487. The average molecular weight is 194 g/mol. The van der Waals surface area contributed by atoms with Gasteiger partial charge in [-0.25, -0.2) is 22.0 Å². The molecule has 0 aliphatic carbocycles. The second kappa shape index (κ2) is 4.56. The van der Waals surface area contributed by atoms with E-state index < -0.39 is 31.2 Å². The summed E-state index contributed by atoms with van der Waals surface area (Å²) < 4.78 is 58.5. The second-order valence-electron chi connectivity index (χ2n) is 2.09. The third-order valence-electron chi connectivity index (χ3n) is 1.16. The van der Waals surface area contributed by atoms with Crippen molar-refractivity contribution in [1.82, 2.24) is 0 Å². The van der Waals surface area contributed by atoms with Crippen LogP contribution in [0.2, 0.25) is 0 Å². The molecule has 0 aliphatic rings. The van der Waals surface area contributed by atoms with Crippen LogP contribution >= 0.6 is 0 Å². The molecule has 0 rings (SSSR count). The van der Waals surface area contributed by atoms with E-state index in [4.69, 9.17) is 10.2 Å². The molecule has 0 aromatic heterocycles. The molecular weight excluding hydrogens is 187 g/mol. The third kappa shape index (κ3) is 2.90. The minimum Gasteiger partial charge on any atom is -0.387 e. The van der Waals surface area contributed by atoms with Gasteiger partial charge in [0.15, 0.2) is 12.3 Å². The molecule has 4 unspecified atom stereocenters. The van der Waals surface area contributed by atoms with E-state index >= 15 is 0 Å². The first-order valence-corrected chi connectivity index (χ1v) is 2.94. The van der Waals surface area contributed by atoms with Gasteiger partial charge in [0.25, 0.3) is 6.43 Å². The lowest BCUT2D eigenvalue weighted by Crippen LogP contribution is -2.41. The maximum Gasteiger partial charge on any atom is 0.272 e. The molecule has 0 saturated carbocycles. The molecule has 0 radical (unpaired) electrons. The summed E-state index contributed by atoms with van der Waals surface area (Å²) in [6.07, 6.45) is -15.9. The van der Waals surface area contributed by atoms with Crippen molar-refractivity contribution in [3.63, 3.8) is 0 Å². The molecule has 12 heavy (non-hydrogen) atoms. The van der Waals surface area contributed by atoms with Gasteiger partial charge in [-0.2, -0.15) is 0 Å². The molecule has 7 heteroatoms. The Balaban J connectivity index is 4.08. The normalized spacial score (nSPS) is 22.0. The van der Waals surface area contributed by atoms with Crippen molar-refractivity contribution in [2.75, 3.05) is 0 Å². The summed E-state index contributed by atoms with van der Waals surface area (Å²) in [7, 11) is 0. The molecule has 0 aromatic rings. The van der Waals surface area contributed by atoms with Gasteiger partial charge in [0.2, 0.25) is 6.36 Å². The lowest BCUT2D eigenvalue weighted by atomic mass is 10.1. The summed E-state index contributed by atoms with van der Waals surface area (Å²) in [4.78, 5) is 0. The Morgan fingerprint density at radius 3 is 1.42 bits per heavy atom. The number of aliphatic hydroxyl groups excluding tert-OH is 2. The third-order valence-corrected chi connectivity index (χ3v) is 1.16. The first kappa shape index (κ1) is 11.6. The van der Waals surface area contributed by atoms with Crippen LogP contribution in [0.15, 0.2) is 0 Å². The number of alkyl halides is 5. The zero-order chi connectivity index (χ0) is 9.89. The van der Waals surface area contributed by atoms with E-state index in [1.54, 1.807) is 0 Å². The topological polar surface area (TPSA) is 40.5 Å². The Labute approximate surface area is 64.6 Å². The highest BCUT2D eigenvalue weighted by Crippen LogP contribution is 2.17. The first-order chi connectivity index (χ1) is 5.37. The van der Waals surface area contributed by atoms with Crippen LogP contribution < -0.4 is 0 Å². The van der Waals surface area contributed by atoms with E-state index in [2.05, 4.69) is 0 Å². The summed E-state index contributed by atoms with van der Waals surface area (Å²) in [5, 5.41) is 16.1. The van der Waals surface area contributed by atoms with Gasteiger partial charge >= 0.3 is 0 Å². The number of halogens is 5. The van der Waals surface area contributed by atoms with Gasteiger partial charge in [-0.1, -0.05) is 0 Å². The highest BCUT2D eigenvalue weighted by molar-refractivity contribution is 4.78. The zero-order valence-electron chi connectivity index (χ0n) is 5.67. The quantitative estimate of drug-likeness (QED) is 0.642. The molecule has 74 valence electrons. The van der Waals surface area contributed by atoms with Crippen molar-refractivity contribution in [1.29, 1.82) is 0 Å². The van der Waals surface area contributed by atoms with Crippen LogP contribution in [0.5, 0.6) is 0 Å². The van der Waals surface area contributed by atoms with Gasteiger partial charge < -0.3 is 10.2 Å². The summed E-state index contributed by atoms with van der Waals surface area (Å²) >= 11 is 0. The molecule has 0 spiro atoms. The summed E-state index contributed by atoms with van der Waals surface area (Å²) in [6, 6.07) is 0. The predicted molar refractivity (Wildman–Crippen MR) is 28.9 cm³/mol. The van der Waals surface area contributed by atoms with Crippen molar-refractivity contribution in [2.24, 2.45) is 0 Å². The summed E-state index contributed by atoms with van der Waals surface area (Å²) in [5.74, 6) is 0. The van der Waals surface area contributed by atoms with Crippen LogP contribution in [0.4, 0.5) is 22.0 Å². The molecule has 0 bridgehead atoms. The Morgan fingerprint density at radius 1 is 0.750 bits per heavy atom. The number of rotatable bonds is 4. The Kier molecular flexibility index (Phi) is 4.40. The number of hydrogen-bond acceptors (Lipinski definition) is 2. The number of hydrogen-bond donors (Lipinski definition) is 2. The fourth-order valence-corrected chi connectivity index (χ4v) is 0.487. The molecule has 0 amide bonds. The maximum atomic E-state index is 12.1. The van der Waals surface area contributed by atoms with Crippen molar-refractivity contribution < 1.29 is 32.2 Å². The van der Waals surface area contributed by atoms with Gasteiger partial charge in [-0.05, 0) is 0 Å². The number of aliphatic hydroxyl groups is 2. The van der Waals surface area contributed by atoms with Crippen LogP contribution in [0.25, 0.3) is 0 Å². The minimum atomic E-state index is -3.61. The molecule has 0 fully saturated rings. The van der Waals surface area contributed by atoms with Gasteiger partial charge in [0, 0.05) is 0 Å². The van der Waals surface area contributed by atoms with E-state index in [-0.39, 0.29) is 0 Å². The molecule has 0 aromatic carbocycles. The fraction of sp³-hybridized carbons (Fsp3) is 1.00. The monoisotopic (exact) mass is 194 g/mol. The molecule has 0 saturated heterocycles. The molecule has 0 aliphatic heterocycles. The largest absolute Gasteiger partial charge is 0.387 e. The summed E-state index contributed by atoms with van der Waals surface area (Å²) in [5.41, 5.74) is 0. The Morgan fingerprint density at radius 2 is 1.17 bits per heavy atom. The van der Waals surface area contributed by atoms with Crippen molar-refractivity contribution in [3.05, 3.63) is 0 Å². The Bertz CT molecular complexity index is 117. The smallest absolute Gasteiger partial charge is 0.272 e. The highest BCUT2D eigenvalue weighted by atomic mass is 19.3. The molecule has 2 N–H and O–H groups in total. The average Bonchev–Trinajstić information content (AvgIpc) is 2.00. The lowest BCUT2D eigenvalue weighted by Gasteiger charge is -2.18. The zero-order valence-corrected chi connectivity index (χ0v) is 5.67. The van der Waals surface area contributed by atoms with Crippen LogP contribution in [-0.4, -0.2) is 41.4 Å². The van der Waals surface area contributed by atoms with E-state index in [0.29, 0.717) is 0 Å². The summed E-state index contributed by atoms with van der Waals surface area (Å²) in [6.45, 7) is 0. The van der Waals surface area contributed by atoms with Crippen LogP contribution in [-0.2, 0) is 0 Å². The van der Waals surface area contributed by atoms with E-state index in [0.717, 1.165) is 0 Å². The van der Waals surface area contributed by atoms with Gasteiger partial charge in [0.1, 0.15) is 6.10 Å². The van der Waals surface area contributed by atoms with Crippen molar-refractivity contribution in [3.8, 4) is 0 Å². The van der Waals surface area contributed by atoms with Crippen LogP contribution in [0.3, 0.4) is 0 Å². The molecule has 0 heterocycles. The minimum absolute atomic E-state index is 2.86. The van der Waals surface area contributed by atoms with E-state index in [1.807, 2.05) is 0 Å². The lowest BCUT2D eigenvalue weighted by molar-refractivity contribution is -0.121. The van der Waals surface area contributed by atoms with E-state index in [9.17, 15) is 22.0 Å². The predicted octanol–water partition coefficient (Wildman–Crippen LogP) is 0.577. The van der Waals surface area contributed by atoms with Crippen molar-refractivity contribution in [2.45, 2.75) is 31.2 Å². The van der Waals surface area contributed by atoms with Gasteiger partial charge in [-0.15, -0.1) is 0 Å². The first-order valence-electron chi connectivity index (χ1n) is 2.94. The standard InChI is InChI=1S/C5H7F5O2/c6-1(4(8)9)3(11)2(7)5(10)12/h1-5,11-12H. The van der Waals surface area contributed by atoms with Crippen LogP contribution in [0, 0.1) is 0 Å². The Hall–Kier alpha value is -0.430. The van der Waals surface area contributed by atoms with E-state index in [1.165, 1.54) is 0 Å². The van der Waals surface area contributed by atoms with Gasteiger partial charge in [-0.3, -0.25) is 0 Å². The molecule has 4 atom stereocenters. The van der Waals surface area contributed by atoms with Crippen molar-refractivity contribution >= 4 is 0 Å². The SMILES string of the molecule is OC(F)C(F)C(O)C(F)C(F)F. The molecule has 2 nitrogen and oxygen atoms in total. The van der Waals surface area contributed by atoms with Crippen LogP contribution in [0.1, 0.15) is 0 Å². The van der Waals surface area contributed by atoms with Gasteiger partial charge in [0.05, 0.1) is 0 Å². The highest BCUT2D eigenvalue weighted by Gasteiger charge is 2.38. The molecular formula is C5H7F5O2.